The van der Waals surface area contributed by atoms with Crippen molar-refractivity contribution < 1.29 is 18.7 Å². The summed E-state index contributed by atoms with van der Waals surface area (Å²) in [6, 6.07) is 5.99. The molecule has 1 aliphatic heterocycles. The molecular weight excluding hydrogens is 309 g/mol. The highest BCUT2D eigenvalue weighted by atomic mass is 19.1. The largest absolute Gasteiger partial charge is 0.460 e. The lowest BCUT2D eigenvalue weighted by atomic mass is 9.83. The van der Waals surface area contributed by atoms with Gasteiger partial charge in [0.2, 0.25) is 5.91 Å². The Hall–Kier alpha value is -2.43. The van der Waals surface area contributed by atoms with Crippen molar-refractivity contribution in [2.75, 3.05) is 6.54 Å². The van der Waals surface area contributed by atoms with E-state index in [1.54, 1.807) is 39.0 Å². The van der Waals surface area contributed by atoms with Crippen LogP contribution >= 0.6 is 0 Å². The normalized spacial score (nSPS) is 18.1. The summed E-state index contributed by atoms with van der Waals surface area (Å²) in [4.78, 5) is 26.6. The van der Waals surface area contributed by atoms with Gasteiger partial charge in [-0.25, -0.2) is 9.18 Å². The lowest BCUT2D eigenvalue weighted by molar-refractivity contribution is -0.143. The maximum absolute atomic E-state index is 13.6. The molecule has 1 amide bonds. The summed E-state index contributed by atoms with van der Waals surface area (Å²) >= 11 is 0. The number of ether oxygens (including phenoxy) is 1. The van der Waals surface area contributed by atoms with Crippen LogP contribution in [0.15, 0.2) is 48.2 Å². The van der Waals surface area contributed by atoms with E-state index in [0.717, 1.165) is 0 Å². The van der Waals surface area contributed by atoms with E-state index in [2.05, 4.69) is 6.58 Å². The summed E-state index contributed by atoms with van der Waals surface area (Å²) < 4.78 is 19.0. The van der Waals surface area contributed by atoms with Crippen LogP contribution in [0.2, 0.25) is 0 Å². The van der Waals surface area contributed by atoms with Gasteiger partial charge in [-0.1, -0.05) is 18.2 Å². The maximum Gasteiger partial charge on any atom is 0.336 e. The number of amides is 1. The Morgan fingerprint density at radius 1 is 1.50 bits per heavy atom. The third-order valence-electron chi connectivity index (χ3n) is 3.95. The smallest absolute Gasteiger partial charge is 0.336 e. The third kappa shape index (κ3) is 3.72. The predicted molar refractivity (Wildman–Crippen MR) is 89.6 cm³/mol. The zero-order chi connectivity index (χ0) is 17.9. The van der Waals surface area contributed by atoms with Gasteiger partial charge in [0.05, 0.1) is 11.7 Å². The van der Waals surface area contributed by atoms with Crippen molar-refractivity contribution >= 4 is 11.9 Å². The number of nitrogens with zero attached hydrogens (tertiary/aromatic N) is 1. The van der Waals surface area contributed by atoms with Crippen molar-refractivity contribution in [1.29, 1.82) is 0 Å². The monoisotopic (exact) mass is 331 g/mol. The molecule has 0 bridgehead atoms. The molecular formula is C19H22FNO3. The highest BCUT2D eigenvalue weighted by molar-refractivity contribution is 5.96. The molecule has 1 aromatic carbocycles. The van der Waals surface area contributed by atoms with Crippen LogP contribution in [0.25, 0.3) is 0 Å². The second-order valence-electron chi connectivity index (χ2n) is 6.06. The standard InChI is InChI=1S/C19H22FNO3/c1-5-9-21-13(4)18(19(23)24-12(2)3)16(11-17(21)22)14-7-6-8-15(20)10-14/h5-8,10,12,16H,1,9,11H2,2-4H3. The van der Waals surface area contributed by atoms with Crippen LogP contribution in [0, 0.1) is 5.82 Å². The molecule has 0 radical (unpaired) electrons. The molecule has 1 unspecified atom stereocenters. The molecule has 24 heavy (non-hydrogen) atoms. The van der Waals surface area contributed by atoms with Crippen LogP contribution in [0.3, 0.4) is 0 Å². The quantitative estimate of drug-likeness (QED) is 0.612. The highest BCUT2D eigenvalue weighted by Crippen LogP contribution is 2.37. The Labute approximate surface area is 141 Å². The predicted octanol–water partition coefficient (Wildman–Crippen LogP) is 3.55. The van der Waals surface area contributed by atoms with Crippen LogP contribution < -0.4 is 0 Å². The van der Waals surface area contributed by atoms with E-state index in [0.29, 0.717) is 23.4 Å². The molecule has 5 heteroatoms. The first-order valence-electron chi connectivity index (χ1n) is 7.93. The Morgan fingerprint density at radius 3 is 2.79 bits per heavy atom. The van der Waals surface area contributed by atoms with E-state index in [1.165, 1.54) is 17.0 Å². The molecule has 0 aliphatic carbocycles. The zero-order valence-corrected chi connectivity index (χ0v) is 14.2. The summed E-state index contributed by atoms with van der Waals surface area (Å²) in [7, 11) is 0. The fourth-order valence-corrected chi connectivity index (χ4v) is 2.91. The molecule has 0 saturated heterocycles. The van der Waals surface area contributed by atoms with Gasteiger partial charge >= 0.3 is 5.97 Å². The Balaban J connectivity index is 2.53. The first-order valence-corrected chi connectivity index (χ1v) is 7.93. The fourth-order valence-electron chi connectivity index (χ4n) is 2.91. The van der Waals surface area contributed by atoms with Crippen LogP contribution in [0.5, 0.6) is 0 Å². The van der Waals surface area contributed by atoms with Crippen molar-refractivity contribution in [3.8, 4) is 0 Å². The number of carbonyl (C=O) groups excluding carboxylic acids is 2. The molecule has 1 atom stereocenters. The number of carbonyl (C=O) groups is 2. The minimum absolute atomic E-state index is 0.0944. The topological polar surface area (TPSA) is 46.6 Å². The molecule has 0 spiro atoms. The van der Waals surface area contributed by atoms with E-state index >= 15 is 0 Å². The summed E-state index contributed by atoms with van der Waals surface area (Å²) in [6.45, 7) is 9.21. The van der Waals surface area contributed by atoms with Gasteiger partial charge in [-0.05, 0) is 38.5 Å². The molecule has 1 aliphatic rings. The molecule has 1 aromatic rings. The van der Waals surface area contributed by atoms with E-state index in [1.807, 2.05) is 0 Å². The molecule has 2 rings (SSSR count). The van der Waals surface area contributed by atoms with Crippen LogP contribution in [0.1, 0.15) is 38.7 Å². The Kier molecular flexibility index (Phi) is 5.54. The fraction of sp³-hybridized carbons (Fsp3) is 0.368. The minimum Gasteiger partial charge on any atom is -0.460 e. The van der Waals surface area contributed by atoms with Gasteiger partial charge in [-0.3, -0.25) is 4.79 Å². The number of hydrogen-bond acceptors (Lipinski definition) is 3. The van der Waals surface area contributed by atoms with E-state index in [9.17, 15) is 14.0 Å². The summed E-state index contributed by atoms with van der Waals surface area (Å²) in [5.74, 6) is -1.51. The second-order valence-corrected chi connectivity index (χ2v) is 6.06. The minimum atomic E-state index is -0.513. The third-order valence-corrected chi connectivity index (χ3v) is 3.95. The van der Waals surface area contributed by atoms with E-state index in [4.69, 9.17) is 4.74 Å². The molecule has 0 saturated carbocycles. The SMILES string of the molecule is C=CCN1C(=O)CC(c2cccc(F)c2)C(C(=O)OC(C)C)=C1C. The van der Waals surface area contributed by atoms with Crippen LogP contribution in [-0.4, -0.2) is 29.4 Å². The molecule has 0 fully saturated rings. The van der Waals surface area contributed by atoms with E-state index in [-0.39, 0.29) is 18.4 Å². The van der Waals surface area contributed by atoms with Crippen molar-refractivity contribution in [2.45, 2.75) is 39.2 Å². The number of halogens is 1. The maximum atomic E-state index is 13.6. The van der Waals surface area contributed by atoms with Gasteiger partial charge in [-0.15, -0.1) is 6.58 Å². The van der Waals surface area contributed by atoms with Crippen molar-refractivity contribution in [1.82, 2.24) is 4.90 Å². The molecule has 0 aromatic heterocycles. The summed E-state index contributed by atoms with van der Waals surface area (Å²) in [5, 5.41) is 0. The van der Waals surface area contributed by atoms with Gasteiger partial charge < -0.3 is 9.64 Å². The van der Waals surface area contributed by atoms with Gasteiger partial charge in [0.1, 0.15) is 5.82 Å². The molecule has 1 heterocycles. The van der Waals surface area contributed by atoms with Gasteiger partial charge in [0.15, 0.2) is 0 Å². The Morgan fingerprint density at radius 2 is 2.21 bits per heavy atom. The Bertz CT molecular complexity index is 694. The zero-order valence-electron chi connectivity index (χ0n) is 14.2. The van der Waals surface area contributed by atoms with Gasteiger partial charge in [0.25, 0.3) is 0 Å². The lowest BCUT2D eigenvalue weighted by Gasteiger charge is -2.34. The summed E-state index contributed by atoms with van der Waals surface area (Å²) in [6.07, 6.45) is 1.42. The lowest BCUT2D eigenvalue weighted by Crippen LogP contribution is -2.38. The van der Waals surface area contributed by atoms with Gasteiger partial charge in [0, 0.05) is 24.6 Å². The first kappa shape index (κ1) is 17.9. The average Bonchev–Trinajstić information content (AvgIpc) is 2.50. The number of benzene rings is 1. The molecule has 4 nitrogen and oxygen atoms in total. The first-order chi connectivity index (χ1) is 11.3. The highest BCUT2D eigenvalue weighted by Gasteiger charge is 2.36. The van der Waals surface area contributed by atoms with Crippen LogP contribution in [-0.2, 0) is 14.3 Å². The van der Waals surface area contributed by atoms with Gasteiger partial charge in [-0.2, -0.15) is 0 Å². The summed E-state index contributed by atoms with van der Waals surface area (Å²) in [5.41, 5.74) is 1.53. The van der Waals surface area contributed by atoms with Crippen molar-refractivity contribution in [3.63, 3.8) is 0 Å². The van der Waals surface area contributed by atoms with Crippen molar-refractivity contribution in [2.24, 2.45) is 0 Å². The van der Waals surface area contributed by atoms with E-state index < -0.39 is 17.7 Å². The number of rotatable bonds is 5. The second kappa shape index (κ2) is 7.43. The van der Waals surface area contributed by atoms with Crippen LogP contribution in [0.4, 0.5) is 4.39 Å². The average molecular weight is 331 g/mol. The number of hydrogen-bond donors (Lipinski definition) is 0. The molecule has 0 N–H and O–H groups in total. The number of allylic oxidation sites excluding steroid dienone is 1. The van der Waals surface area contributed by atoms with Crippen molar-refractivity contribution in [3.05, 3.63) is 59.6 Å². The molecule has 128 valence electrons. The number of esters is 1.